The van der Waals surface area contributed by atoms with Gasteiger partial charge in [0.1, 0.15) is 0 Å². The minimum Gasteiger partial charge on any atom is -0.176 e. The van der Waals surface area contributed by atoms with Crippen molar-refractivity contribution in [1.82, 2.24) is 0 Å². The Kier molecular flexibility index (Phi) is 2.41. The van der Waals surface area contributed by atoms with E-state index in [1.165, 1.54) is 12.0 Å². The second-order valence-corrected chi connectivity index (χ2v) is 4.99. The van der Waals surface area contributed by atoms with Crippen molar-refractivity contribution in [1.29, 1.82) is 0 Å². The Hall–Kier alpha value is 0.440. The predicted molar refractivity (Wildman–Crippen MR) is 53.2 cm³/mol. The first-order chi connectivity index (χ1) is 4.52. The maximum absolute atomic E-state index is 4.52. The Labute approximate surface area is 73.9 Å². The Morgan fingerprint density at radius 3 is 2.70 bits per heavy atom. The van der Waals surface area contributed by atoms with E-state index in [0.717, 1.165) is 12.8 Å². The highest BCUT2D eigenvalue weighted by atomic mass is 32.1. The third-order valence-corrected chi connectivity index (χ3v) is 3.19. The van der Waals surface area contributed by atoms with Crippen molar-refractivity contribution in [3.63, 3.8) is 0 Å². The van der Waals surface area contributed by atoms with Gasteiger partial charge in [-0.3, -0.25) is 0 Å². The first kappa shape index (κ1) is 8.54. The number of hydrogen-bond donors (Lipinski definition) is 2. The van der Waals surface area contributed by atoms with Crippen LogP contribution in [-0.4, -0.2) is 10.00 Å². The molecule has 10 heavy (non-hydrogen) atoms. The second kappa shape index (κ2) is 2.82. The quantitative estimate of drug-likeness (QED) is 0.409. The fourth-order valence-corrected chi connectivity index (χ4v) is 1.80. The monoisotopic (exact) mass is 174 g/mol. The first-order valence-electron chi connectivity index (χ1n) is 3.61. The summed E-state index contributed by atoms with van der Waals surface area (Å²) in [6.07, 6.45) is 3.31. The zero-order valence-electron chi connectivity index (χ0n) is 6.30. The highest BCUT2D eigenvalue weighted by Gasteiger charge is 2.29. The van der Waals surface area contributed by atoms with Gasteiger partial charge in [0.15, 0.2) is 0 Å². The van der Waals surface area contributed by atoms with E-state index < -0.39 is 0 Å². The molecule has 1 fully saturated rings. The summed E-state index contributed by atoms with van der Waals surface area (Å²) in [6.45, 7) is 6.13. The van der Waals surface area contributed by atoms with Gasteiger partial charge >= 0.3 is 0 Å². The van der Waals surface area contributed by atoms with Crippen LogP contribution in [0.5, 0.6) is 0 Å². The van der Waals surface area contributed by atoms with Gasteiger partial charge in [0.25, 0.3) is 0 Å². The predicted octanol–water partition coefficient (Wildman–Crippen LogP) is 2.71. The highest BCUT2D eigenvalue weighted by Crippen LogP contribution is 2.38. The van der Waals surface area contributed by atoms with Crippen LogP contribution in [0.1, 0.15) is 26.2 Å². The fraction of sp³-hybridized carbons (Fsp3) is 0.750. The van der Waals surface area contributed by atoms with Gasteiger partial charge in [-0.2, -0.15) is 25.3 Å². The van der Waals surface area contributed by atoms with Gasteiger partial charge in [-0.05, 0) is 26.2 Å². The average molecular weight is 174 g/mol. The molecule has 0 aliphatic heterocycles. The van der Waals surface area contributed by atoms with E-state index in [1.54, 1.807) is 0 Å². The molecule has 0 radical (unpaired) electrons. The van der Waals surface area contributed by atoms with Crippen LogP contribution < -0.4 is 0 Å². The van der Waals surface area contributed by atoms with Gasteiger partial charge < -0.3 is 0 Å². The summed E-state index contributed by atoms with van der Waals surface area (Å²) in [4.78, 5) is 0. The van der Waals surface area contributed by atoms with E-state index in [1.807, 2.05) is 0 Å². The highest BCUT2D eigenvalue weighted by molar-refractivity contribution is 7.82. The van der Waals surface area contributed by atoms with Crippen molar-refractivity contribution >= 4 is 25.3 Å². The molecule has 1 rings (SSSR count). The third kappa shape index (κ3) is 1.73. The van der Waals surface area contributed by atoms with E-state index in [4.69, 9.17) is 0 Å². The van der Waals surface area contributed by atoms with Crippen LogP contribution in [0, 0.1) is 0 Å². The molecule has 0 spiro atoms. The van der Waals surface area contributed by atoms with E-state index >= 15 is 0 Å². The van der Waals surface area contributed by atoms with Crippen LogP contribution in [-0.2, 0) is 0 Å². The molecule has 2 atom stereocenters. The van der Waals surface area contributed by atoms with Gasteiger partial charge in [0.05, 0.1) is 0 Å². The van der Waals surface area contributed by atoms with Crippen LogP contribution in [0.15, 0.2) is 12.2 Å². The largest absolute Gasteiger partial charge is 0.176 e. The van der Waals surface area contributed by atoms with Crippen molar-refractivity contribution in [2.45, 2.75) is 36.2 Å². The number of hydrogen-bond acceptors (Lipinski definition) is 2. The molecule has 0 bridgehead atoms. The fourth-order valence-electron chi connectivity index (χ4n) is 1.23. The molecule has 0 aromatic carbocycles. The van der Waals surface area contributed by atoms with E-state index in [-0.39, 0.29) is 4.75 Å². The minimum atomic E-state index is 0.0687. The van der Waals surface area contributed by atoms with Gasteiger partial charge in [-0.25, -0.2) is 0 Å². The molecule has 2 unspecified atom stereocenters. The number of rotatable bonds is 0. The van der Waals surface area contributed by atoms with Crippen LogP contribution in [0.2, 0.25) is 0 Å². The van der Waals surface area contributed by atoms with Crippen LogP contribution in [0.25, 0.3) is 0 Å². The van der Waals surface area contributed by atoms with E-state index in [0.29, 0.717) is 5.25 Å². The summed E-state index contributed by atoms with van der Waals surface area (Å²) >= 11 is 8.92. The zero-order chi connectivity index (χ0) is 7.78. The van der Waals surface area contributed by atoms with E-state index in [9.17, 15) is 0 Å². The molecule has 1 saturated carbocycles. The first-order valence-corrected chi connectivity index (χ1v) is 4.57. The molecule has 58 valence electrons. The number of thiol groups is 2. The summed E-state index contributed by atoms with van der Waals surface area (Å²) < 4.78 is 0.0687. The van der Waals surface area contributed by atoms with Crippen molar-refractivity contribution in [3.05, 3.63) is 12.2 Å². The lowest BCUT2D eigenvalue weighted by Gasteiger charge is -2.33. The molecule has 0 N–H and O–H groups in total. The van der Waals surface area contributed by atoms with Crippen molar-refractivity contribution in [3.8, 4) is 0 Å². The SMILES string of the molecule is C=C1CC(S)CCC1(C)S. The summed E-state index contributed by atoms with van der Waals surface area (Å²) in [5, 5.41) is 0.521. The molecule has 0 amide bonds. The third-order valence-electron chi connectivity index (χ3n) is 2.21. The zero-order valence-corrected chi connectivity index (χ0v) is 8.09. The molecule has 2 heteroatoms. The summed E-state index contributed by atoms with van der Waals surface area (Å²) in [6, 6.07) is 0. The van der Waals surface area contributed by atoms with Crippen molar-refractivity contribution in [2.75, 3.05) is 0 Å². The molecule has 1 aliphatic rings. The van der Waals surface area contributed by atoms with Gasteiger partial charge in [-0.1, -0.05) is 12.2 Å². The lowest BCUT2D eigenvalue weighted by atomic mass is 9.85. The summed E-state index contributed by atoms with van der Waals surface area (Å²) in [5.74, 6) is 0. The second-order valence-electron chi connectivity index (χ2n) is 3.27. The molecule has 0 saturated heterocycles. The Balaban J connectivity index is 2.61. The van der Waals surface area contributed by atoms with E-state index in [2.05, 4.69) is 38.8 Å². The molecule has 1 aliphatic carbocycles. The molecule has 0 heterocycles. The molecule has 0 aromatic heterocycles. The topological polar surface area (TPSA) is 0 Å². The maximum atomic E-state index is 4.52. The Morgan fingerprint density at radius 2 is 2.30 bits per heavy atom. The van der Waals surface area contributed by atoms with Crippen molar-refractivity contribution in [2.24, 2.45) is 0 Å². The smallest absolute Gasteiger partial charge is 0.0308 e. The van der Waals surface area contributed by atoms with Crippen molar-refractivity contribution < 1.29 is 0 Å². The minimum absolute atomic E-state index is 0.0687. The molecule has 0 nitrogen and oxygen atoms in total. The lowest BCUT2D eigenvalue weighted by molar-refractivity contribution is 0.535. The van der Waals surface area contributed by atoms with Gasteiger partial charge in [-0.15, -0.1) is 0 Å². The standard InChI is InChI=1S/C8H14S2/c1-6-5-7(9)3-4-8(6,2)10/h7,9-10H,1,3-5H2,2H3. The summed E-state index contributed by atoms with van der Waals surface area (Å²) in [5.41, 5.74) is 1.24. The van der Waals surface area contributed by atoms with Crippen LogP contribution >= 0.6 is 25.3 Å². The molecule has 0 aromatic rings. The van der Waals surface area contributed by atoms with Crippen LogP contribution in [0.4, 0.5) is 0 Å². The Morgan fingerprint density at radius 1 is 1.70 bits per heavy atom. The van der Waals surface area contributed by atoms with Gasteiger partial charge in [0.2, 0.25) is 0 Å². The average Bonchev–Trinajstić information content (AvgIpc) is 1.81. The molecular weight excluding hydrogens is 160 g/mol. The normalized spacial score (nSPS) is 41.9. The maximum Gasteiger partial charge on any atom is 0.0308 e. The lowest BCUT2D eigenvalue weighted by Crippen LogP contribution is -2.27. The molecular formula is C8H14S2. The van der Waals surface area contributed by atoms with Crippen LogP contribution in [0.3, 0.4) is 0 Å². The Bertz CT molecular complexity index is 149. The van der Waals surface area contributed by atoms with Gasteiger partial charge in [0, 0.05) is 10.00 Å². The summed E-state index contributed by atoms with van der Waals surface area (Å²) in [7, 11) is 0.